The van der Waals surface area contributed by atoms with Gasteiger partial charge in [0.1, 0.15) is 5.75 Å². The predicted octanol–water partition coefficient (Wildman–Crippen LogP) is 13.1. The zero-order valence-electron chi connectivity index (χ0n) is 76.4. The first-order valence-electron chi connectivity index (χ1n) is 43.4. The van der Waals surface area contributed by atoms with E-state index >= 15 is 0 Å². The van der Waals surface area contributed by atoms with Gasteiger partial charge in [0, 0.05) is 112 Å². The van der Waals surface area contributed by atoms with Gasteiger partial charge in [0.25, 0.3) is 0 Å². The predicted molar refractivity (Wildman–Crippen MR) is 522 cm³/mol. The van der Waals surface area contributed by atoms with E-state index in [0.29, 0.717) is 133 Å². The molecular weight excluding hydrogens is 1760 g/mol. The second-order valence-electron chi connectivity index (χ2n) is 32.3. The molecule has 0 saturated carbocycles. The minimum Gasteiger partial charge on any atom is -0.508 e. The number of phenolic OH excluding ortho intramolecular Hbond substituents is 1. The van der Waals surface area contributed by atoms with Crippen molar-refractivity contribution in [2.45, 2.75) is 33.1 Å². The summed E-state index contributed by atoms with van der Waals surface area (Å²) in [5, 5.41) is 40.4. The molecule has 706 valence electrons. The van der Waals surface area contributed by atoms with Gasteiger partial charge in [0.05, 0.1) is 173 Å². The number of hydrogen-bond acceptors (Lipinski definition) is 37. The van der Waals surface area contributed by atoms with Gasteiger partial charge in [-0.05, 0) is 194 Å². The summed E-state index contributed by atoms with van der Waals surface area (Å²) >= 11 is 6.26. The molecule has 8 aromatic heterocycles. The topological polar surface area (TPSA) is 383 Å². The number of aromatic hydroxyl groups is 1. The molecule has 12 aromatic rings. The standard InChI is InChI=1S/C24H29FN8O.C23H26ClFN8O.C23H27FN8O2.C23H27FN8O/c1-17-12-19(5-4-18(17)16-32(2)3)29-21-7-6-20(26-13-21)14-28-31-24-27-15-22(25)23(30-24)33-8-10-34-11-9-33;1-32(2)15-16-9-17(24)11-20(10-16)29-19-4-3-18(26-12-19)13-28-31-23-27-14-21(25)22(30-23)33-5-7-34-8-6-33;1-31(2)15-16-9-19(11-20(33)10-16)28-18-4-3-17(25-12-18)13-27-30-23-26-14-21(24)22(29-23)32-5-7-34-8-6-32;1-31(2)16-17-3-5-18(6-4-17)28-20-8-7-19(25-13-20)14-27-30-23-26-15-21(24)22(29-23)32-9-11-33-12-10-32/h4-7,12-15,29H,8-11,16H2,1-3H3,(H,27,30,31);3-4,9-14,29H,5-8,15H2,1-2H3,(H,27,30,31);3-4,9-14,28,33H,5-8,15H2,1-2H3,(H,26,29,30);3-8,13-15,28H,9-12,16H2,1-2H3,(H,26,29,30)/b28-14+;28-13+;27-13+;27-14+. The molecular formula is C93H109ClF4N32O5. The highest BCUT2D eigenvalue weighted by atomic mass is 35.5. The Labute approximate surface area is 785 Å². The zero-order chi connectivity index (χ0) is 94.8. The average Bonchev–Trinajstić information content (AvgIpc) is 0.835. The van der Waals surface area contributed by atoms with E-state index < -0.39 is 23.3 Å². The van der Waals surface area contributed by atoms with E-state index in [9.17, 15) is 22.7 Å². The van der Waals surface area contributed by atoms with Gasteiger partial charge >= 0.3 is 0 Å². The van der Waals surface area contributed by atoms with Crippen LogP contribution in [0.1, 0.15) is 50.6 Å². The number of ether oxygens (including phenoxy) is 4. The van der Waals surface area contributed by atoms with Crippen LogP contribution in [-0.4, -0.2) is 271 Å². The Morgan fingerprint density at radius 2 is 0.630 bits per heavy atom. The molecule has 42 heteroatoms. The summed E-state index contributed by atoms with van der Waals surface area (Å²) in [4.78, 5) is 66.0. The van der Waals surface area contributed by atoms with Crippen LogP contribution in [-0.2, 0) is 45.1 Å². The number of benzene rings is 4. The largest absolute Gasteiger partial charge is 0.508 e. The quantitative estimate of drug-likeness (QED) is 0.0107. The maximum Gasteiger partial charge on any atom is 0.245 e. The lowest BCUT2D eigenvalue weighted by Crippen LogP contribution is -2.37. The summed E-state index contributed by atoms with van der Waals surface area (Å²) in [5.74, 6) is 0.0685. The molecule has 4 fully saturated rings. The highest BCUT2D eigenvalue weighted by Gasteiger charge is 2.23. The minimum atomic E-state index is -0.484. The third-order valence-corrected chi connectivity index (χ3v) is 20.3. The molecule has 12 heterocycles. The Hall–Kier alpha value is -14.4. The van der Waals surface area contributed by atoms with Crippen molar-refractivity contribution in [3.05, 3.63) is 256 Å². The third kappa shape index (κ3) is 31.6. The van der Waals surface area contributed by atoms with Gasteiger partial charge < -0.3 is 84.5 Å². The number of hydrazone groups is 4. The first-order chi connectivity index (χ1) is 65.5. The Bertz CT molecular complexity index is 5720. The molecule has 0 bridgehead atoms. The average molecular weight is 1870 g/mol. The summed E-state index contributed by atoms with van der Waals surface area (Å²) in [5.41, 5.74) is 26.4. The number of morpholine rings is 4. The number of nitrogens with one attached hydrogen (secondary N) is 8. The van der Waals surface area contributed by atoms with Crippen molar-refractivity contribution >= 4 is 129 Å². The Morgan fingerprint density at radius 1 is 0.333 bits per heavy atom. The van der Waals surface area contributed by atoms with Gasteiger partial charge in [0.2, 0.25) is 23.8 Å². The lowest BCUT2D eigenvalue weighted by molar-refractivity contribution is 0.122. The Balaban J connectivity index is 0.000000152. The number of anilines is 16. The van der Waals surface area contributed by atoms with E-state index in [1.54, 1.807) is 61.6 Å². The molecule has 0 aliphatic carbocycles. The molecule has 0 radical (unpaired) electrons. The third-order valence-electron chi connectivity index (χ3n) is 20.1. The fourth-order valence-electron chi connectivity index (χ4n) is 13.9. The van der Waals surface area contributed by atoms with Crippen LogP contribution >= 0.6 is 11.6 Å². The maximum absolute atomic E-state index is 14.1. The van der Waals surface area contributed by atoms with E-state index in [2.05, 4.69) is 195 Å². The van der Waals surface area contributed by atoms with Crippen LogP contribution in [0.15, 0.2) is 197 Å². The van der Waals surface area contributed by atoms with Crippen molar-refractivity contribution in [1.82, 2.24) is 79.4 Å². The van der Waals surface area contributed by atoms with Crippen molar-refractivity contribution < 1.29 is 41.6 Å². The first kappa shape index (κ1) is 98.1. The zero-order valence-corrected chi connectivity index (χ0v) is 77.2. The molecule has 16 rings (SSSR count). The molecule has 9 N–H and O–H groups in total. The fourth-order valence-corrected chi connectivity index (χ4v) is 14.1. The second kappa shape index (κ2) is 49.9. The molecule has 0 spiro atoms. The Morgan fingerprint density at radius 3 is 0.948 bits per heavy atom. The van der Waals surface area contributed by atoms with Crippen molar-refractivity contribution in [1.29, 1.82) is 0 Å². The van der Waals surface area contributed by atoms with Crippen LogP contribution in [0.3, 0.4) is 0 Å². The number of rotatable bonds is 32. The van der Waals surface area contributed by atoms with Crippen molar-refractivity contribution in [2.24, 2.45) is 20.4 Å². The molecule has 0 atom stereocenters. The molecule has 135 heavy (non-hydrogen) atoms. The van der Waals surface area contributed by atoms with Gasteiger partial charge in [-0.2, -0.15) is 40.3 Å². The van der Waals surface area contributed by atoms with Crippen LogP contribution in [0.4, 0.5) is 110 Å². The van der Waals surface area contributed by atoms with Crippen LogP contribution in [0, 0.1) is 30.2 Å². The van der Waals surface area contributed by atoms with Crippen LogP contribution in [0.2, 0.25) is 5.02 Å². The van der Waals surface area contributed by atoms with Crippen molar-refractivity contribution in [3.63, 3.8) is 0 Å². The summed E-state index contributed by atoms with van der Waals surface area (Å²) in [7, 11) is 16.2. The second-order valence-corrected chi connectivity index (χ2v) is 32.7. The minimum absolute atomic E-state index is 0.190. The first-order valence-corrected chi connectivity index (χ1v) is 43.7. The number of phenols is 1. The highest BCUT2D eigenvalue weighted by molar-refractivity contribution is 6.31. The van der Waals surface area contributed by atoms with Crippen molar-refractivity contribution in [2.75, 3.05) is 224 Å². The molecule has 4 aliphatic rings. The number of pyridine rings is 4. The summed E-state index contributed by atoms with van der Waals surface area (Å²) < 4.78 is 77.7. The summed E-state index contributed by atoms with van der Waals surface area (Å²) in [6, 6.07) is 40.8. The number of aromatic nitrogens is 12. The van der Waals surface area contributed by atoms with E-state index in [-0.39, 0.29) is 52.8 Å². The molecule has 4 saturated heterocycles. The normalized spacial score (nSPS) is 14.1. The van der Waals surface area contributed by atoms with E-state index in [4.69, 9.17) is 30.5 Å². The maximum atomic E-state index is 14.1. The van der Waals surface area contributed by atoms with Gasteiger partial charge in [-0.25, -0.2) is 59.2 Å². The van der Waals surface area contributed by atoms with Crippen LogP contribution in [0.25, 0.3) is 0 Å². The fraction of sp³-hybridized carbons (Fsp3) is 0.312. The lowest BCUT2D eigenvalue weighted by Gasteiger charge is -2.27. The van der Waals surface area contributed by atoms with Gasteiger partial charge in [-0.1, -0.05) is 29.8 Å². The molecule has 4 aliphatic heterocycles. The van der Waals surface area contributed by atoms with Gasteiger partial charge in [-0.15, -0.1) is 0 Å². The summed E-state index contributed by atoms with van der Waals surface area (Å²) in [6.45, 7) is 14.4. The van der Waals surface area contributed by atoms with E-state index in [0.717, 1.165) is 108 Å². The number of hydrogen-bond donors (Lipinski definition) is 9. The van der Waals surface area contributed by atoms with E-state index in [1.807, 2.05) is 140 Å². The molecule has 37 nitrogen and oxygen atoms in total. The smallest absolute Gasteiger partial charge is 0.245 e. The monoisotopic (exact) mass is 1860 g/mol. The molecule has 0 amide bonds. The van der Waals surface area contributed by atoms with Crippen molar-refractivity contribution in [3.8, 4) is 5.75 Å². The number of halogens is 5. The molecule has 0 unspecified atom stereocenters. The van der Waals surface area contributed by atoms with Crippen LogP contribution < -0.4 is 62.6 Å². The number of nitrogens with zero attached hydrogens (tertiary/aromatic N) is 24. The summed E-state index contributed by atoms with van der Waals surface area (Å²) in [6.07, 6.45) is 17.6. The highest BCUT2D eigenvalue weighted by Crippen LogP contribution is 2.30. The Kier molecular flexibility index (Phi) is 36.2. The molecule has 4 aromatic carbocycles. The van der Waals surface area contributed by atoms with Gasteiger partial charge in [0.15, 0.2) is 46.5 Å². The SMILES string of the molecule is CN(C)Cc1cc(Cl)cc(Nc2ccc(/C=N/Nc3ncc(F)c(N4CCOCC4)n3)nc2)c1.CN(C)Cc1cc(O)cc(Nc2ccc(/C=N/Nc3ncc(F)c(N4CCOCC4)n3)nc2)c1.CN(C)Cc1ccc(Nc2ccc(/C=N/Nc3ncc(F)c(N4CCOCC4)n3)nc2)cc1.Cc1cc(Nc2ccc(/C=N/Nc3ncc(F)c(N4CCOCC4)n3)nc2)ccc1CN(C)C. The lowest BCUT2D eigenvalue weighted by atomic mass is 10.1. The van der Waals surface area contributed by atoms with Crippen LogP contribution in [0.5, 0.6) is 5.75 Å². The van der Waals surface area contributed by atoms with E-state index in [1.165, 1.54) is 22.9 Å². The van der Waals surface area contributed by atoms with Gasteiger partial charge in [-0.3, -0.25) is 19.9 Å². The number of aryl methyl sites for hydroxylation is 1.